The summed E-state index contributed by atoms with van der Waals surface area (Å²) in [4.78, 5) is 19.7. The van der Waals surface area contributed by atoms with Gasteiger partial charge in [0.15, 0.2) is 0 Å². The number of halogens is 6. The molecule has 1 atom stereocenters. The van der Waals surface area contributed by atoms with E-state index in [9.17, 15) is 31.1 Å². The minimum atomic E-state index is -5.15. The number of likely N-dealkylation sites (tertiary alicyclic amines) is 1. The number of hydrogen-bond donors (Lipinski definition) is 0. The van der Waals surface area contributed by atoms with E-state index in [4.69, 9.17) is 9.73 Å². The summed E-state index contributed by atoms with van der Waals surface area (Å²) in [5, 5.41) is 0. The molecule has 1 saturated heterocycles. The Kier molecular flexibility index (Phi) is 8.04. The first-order valence-electron chi connectivity index (χ1n) is 12.2. The Hall–Kier alpha value is -3.82. The van der Waals surface area contributed by atoms with E-state index in [1.807, 2.05) is 43.3 Å². The zero-order valence-electron chi connectivity index (χ0n) is 21.2. The summed E-state index contributed by atoms with van der Waals surface area (Å²) in [6.45, 7) is 2.02. The molecule has 3 aromatic rings. The Morgan fingerprint density at radius 1 is 0.974 bits per heavy atom. The van der Waals surface area contributed by atoms with Crippen LogP contribution in [0.3, 0.4) is 0 Å². The lowest BCUT2D eigenvalue weighted by Gasteiger charge is -2.28. The first-order chi connectivity index (χ1) is 18.4. The second-order valence-corrected chi connectivity index (χ2v) is 9.33. The van der Waals surface area contributed by atoms with Crippen molar-refractivity contribution in [1.29, 1.82) is 0 Å². The minimum absolute atomic E-state index is 0.00199. The van der Waals surface area contributed by atoms with Gasteiger partial charge in [-0.1, -0.05) is 30.3 Å². The Labute approximate surface area is 221 Å². The van der Waals surface area contributed by atoms with Gasteiger partial charge in [-0.3, -0.25) is 9.79 Å². The van der Waals surface area contributed by atoms with Gasteiger partial charge in [0.05, 0.1) is 35.5 Å². The third-order valence-corrected chi connectivity index (χ3v) is 6.70. The van der Waals surface area contributed by atoms with Crippen LogP contribution in [0.5, 0.6) is 5.75 Å². The lowest BCUT2D eigenvalue weighted by atomic mass is 9.98. The predicted octanol–water partition coefficient (Wildman–Crippen LogP) is 7.66. The quantitative estimate of drug-likeness (QED) is 0.234. The molecule has 39 heavy (non-hydrogen) atoms. The highest BCUT2D eigenvalue weighted by atomic mass is 19.4. The number of para-hydroxylation sites is 1. The highest BCUT2D eigenvalue weighted by Gasteiger charge is 2.42. The van der Waals surface area contributed by atoms with Gasteiger partial charge in [-0.15, -0.1) is 0 Å². The van der Waals surface area contributed by atoms with Gasteiger partial charge in [-0.05, 0) is 67.3 Å². The summed E-state index contributed by atoms with van der Waals surface area (Å²) in [5.74, 6) is -0.332. The van der Waals surface area contributed by atoms with Gasteiger partial charge < -0.3 is 9.64 Å². The van der Waals surface area contributed by atoms with E-state index in [-0.39, 0.29) is 12.6 Å². The van der Waals surface area contributed by atoms with Gasteiger partial charge in [-0.25, -0.2) is 0 Å². The Morgan fingerprint density at radius 2 is 1.67 bits per heavy atom. The van der Waals surface area contributed by atoms with Crippen molar-refractivity contribution >= 4 is 17.3 Å². The average Bonchev–Trinajstić information content (AvgIpc) is 3.38. The number of benzene rings is 3. The average molecular weight is 549 g/mol. The fraction of sp³-hybridized carbons (Fsp3) is 0.310. The number of aliphatic imine (C=N–C) groups is 1. The third kappa shape index (κ3) is 6.43. The molecule has 0 radical (unpaired) electrons. The van der Waals surface area contributed by atoms with Crippen LogP contribution in [-0.2, 0) is 18.8 Å². The Morgan fingerprint density at radius 3 is 2.28 bits per heavy atom. The number of carbonyl (C=O) groups is 1. The first-order valence-corrected chi connectivity index (χ1v) is 12.2. The molecule has 3 aromatic carbocycles. The van der Waals surface area contributed by atoms with Crippen LogP contribution in [0.2, 0.25) is 0 Å². The molecule has 0 unspecified atom stereocenters. The van der Waals surface area contributed by atoms with Crippen LogP contribution in [0.25, 0.3) is 0 Å². The standard InChI is InChI=1S/C29H26F6N2O2/c1-18-6-3-4-7-24(18)36-25(16-19-9-12-21(39-2)13-10-19)26-8-5-15-37(26)27(38)22-14-11-20(28(30,31)32)17-23(22)29(33,34)35/h3-4,6-7,9-14,17,26H,5,8,15-16H2,1-2H3/t26-/m1/s1. The molecule has 0 N–H and O–H groups in total. The van der Waals surface area contributed by atoms with Gasteiger partial charge >= 0.3 is 12.4 Å². The molecule has 10 heteroatoms. The molecule has 1 fully saturated rings. The number of carbonyl (C=O) groups excluding carboxylic acids is 1. The summed E-state index contributed by atoms with van der Waals surface area (Å²) in [6.07, 6.45) is -8.86. The van der Waals surface area contributed by atoms with E-state index < -0.39 is 41.0 Å². The molecular weight excluding hydrogens is 522 g/mol. The first kappa shape index (κ1) is 28.2. The number of alkyl halides is 6. The van der Waals surface area contributed by atoms with Gasteiger partial charge in [0.1, 0.15) is 5.75 Å². The van der Waals surface area contributed by atoms with E-state index in [1.54, 1.807) is 19.2 Å². The van der Waals surface area contributed by atoms with Crippen LogP contribution >= 0.6 is 0 Å². The number of rotatable bonds is 6. The molecular formula is C29H26F6N2O2. The summed E-state index contributed by atoms with van der Waals surface area (Å²) in [6, 6.07) is 15.1. The van der Waals surface area contributed by atoms with Crippen molar-refractivity contribution < 1.29 is 35.9 Å². The smallest absolute Gasteiger partial charge is 0.417 e. The molecule has 1 heterocycles. The lowest BCUT2D eigenvalue weighted by Crippen LogP contribution is -2.42. The summed E-state index contributed by atoms with van der Waals surface area (Å²) in [7, 11) is 1.54. The maximum absolute atomic E-state index is 13.8. The van der Waals surface area contributed by atoms with E-state index in [0.29, 0.717) is 48.5 Å². The molecule has 1 aliphatic rings. The molecule has 4 rings (SSSR count). The van der Waals surface area contributed by atoms with Gasteiger partial charge in [-0.2, -0.15) is 26.3 Å². The van der Waals surface area contributed by atoms with Crippen LogP contribution in [0.4, 0.5) is 32.0 Å². The van der Waals surface area contributed by atoms with Gasteiger partial charge in [0.25, 0.3) is 5.91 Å². The van der Waals surface area contributed by atoms with Crippen molar-refractivity contribution in [3.63, 3.8) is 0 Å². The number of methoxy groups -OCH3 is 1. The van der Waals surface area contributed by atoms with Gasteiger partial charge in [0.2, 0.25) is 0 Å². The predicted molar refractivity (Wildman–Crippen MR) is 135 cm³/mol. The monoisotopic (exact) mass is 548 g/mol. The maximum atomic E-state index is 13.8. The van der Waals surface area contributed by atoms with Crippen molar-refractivity contribution in [3.8, 4) is 5.75 Å². The second-order valence-electron chi connectivity index (χ2n) is 9.33. The van der Waals surface area contributed by atoms with Crippen LogP contribution in [0, 0.1) is 6.92 Å². The number of nitrogens with zero attached hydrogens (tertiary/aromatic N) is 2. The van der Waals surface area contributed by atoms with Crippen LogP contribution in [-0.4, -0.2) is 36.2 Å². The fourth-order valence-electron chi connectivity index (χ4n) is 4.68. The number of ether oxygens (including phenoxy) is 1. The summed E-state index contributed by atoms with van der Waals surface area (Å²) in [5.41, 5.74) is -0.935. The molecule has 0 bridgehead atoms. The van der Waals surface area contributed by atoms with Crippen molar-refractivity contribution in [2.45, 2.75) is 44.6 Å². The zero-order chi connectivity index (χ0) is 28.4. The van der Waals surface area contributed by atoms with Crippen LogP contribution in [0.15, 0.2) is 71.7 Å². The minimum Gasteiger partial charge on any atom is -0.497 e. The maximum Gasteiger partial charge on any atom is 0.417 e. The van der Waals surface area contributed by atoms with E-state index in [2.05, 4.69) is 0 Å². The molecule has 0 aromatic heterocycles. The summed E-state index contributed by atoms with van der Waals surface area (Å²) >= 11 is 0. The van der Waals surface area contributed by atoms with Crippen molar-refractivity contribution in [2.24, 2.45) is 4.99 Å². The normalized spacial score (nSPS) is 16.5. The van der Waals surface area contributed by atoms with E-state index >= 15 is 0 Å². The SMILES string of the molecule is COc1ccc(CC(=Nc2ccccc2C)[C@H]2CCCN2C(=O)c2ccc(C(F)(F)F)cc2C(F)(F)F)cc1. The molecule has 4 nitrogen and oxygen atoms in total. The molecule has 0 saturated carbocycles. The van der Waals surface area contributed by atoms with Gasteiger partial charge in [0, 0.05) is 18.7 Å². The highest BCUT2D eigenvalue weighted by molar-refractivity contribution is 6.02. The Balaban J connectivity index is 1.75. The topological polar surface area (TPSA) is 41.9 Å². The van der Waals surface area contributed by atoms with E-state index in [1.165, 1.54) is 4.90 Å². The molecule has 206 valence electrons. The largest absolute Gasteiger partial charge is 0.497 e. The molecule has 1 amide bonds. The van der Waals surface area contributed by atoms with Crippen LogP contribution < -0.4 is 4.74 Å². The number of amides is 1. The number of aryl methyl sites for hydroxylation is 1. The molecule has 0 spiro atoms. The third-order valence-electron chi connectivity index (χ3n) is 6.70. The van der Waals surface area contributed by atoms with Crippen LogP contribution in [0.1, 0.15) is 45.5 Å². The van der Waals surface area contributed by atoms with E-state index in [0.717, 1.165) is 11.1 Å². The fourth-order valence-corrected chi connectivity index (χ4v) is 4.68. The zero-order valence-corrected chi connectivity index (χ0v) is 21.2. The number of hydrogen-bond acceptors (Lipinski definition) is 3. The molecule has 1 aliphatic heterocycles. The molecule has 0 aliphatic carbocycles. The van der Waals surface area contributed by atoms with Crippen molar-refractivity contribution in [3.05, 3.63) is 94.5 Å². The van der Waals surface area contributed by atoms with Crippen molar-refractivity contribution in [1.82, 2.24) is 4.90 Å². The lowest BCUT2D eigenvalue weighted by molar-refractivity contribution is -0.143. The summed E-state index contributed by atoms with van der Waals surface area (Å²) < 4.78 is 86.2. The second kappa shape index (κ2) is 11.1. The Bertz CT molecular complexity index is 1360. The van der Waals surface area contributed by atoms with Crippen molar-refractivity contribution in [2.75, 3.05) is 13.7 Å². The highest BCUT2D eigenvalue weighted by Crippen LogP contribution is 2.38.